The second-order valence-electron chi connectivity index (χ2n) is 5.57. The van der Waals surface area contributed by atoms with Crippen molar-refractivity contribution in [3.05, 3.63) is 22.9 Å². The summed E-state index contributed by atoms with van der Waals surface area (Å²) in [6.45, 7) is 6.44. The smallest absolute Gasteiger partial charge is 0.348 e. The summed E-state index contributed by atoms with van der Waals surface area (Å²) in [6.07, 6.45) is 2.30. The Bertz CT molecular complexity index is 612. The minimum atomic E-state index is -0.290. The molecule has 0 aliphatic rings. The first-order valence-electron chi connectivity index (χ1n) is 6.17. The van der Waals surface area contributed by atoms with E-state index in [1.54, 1.807) is 6.07 Å². The molecule has 1 unspecified atom stereocenters. The number of aromatic nitrogens is 4. The van der Waals surface area contributed by atoms with Gasteiger partial charge in [-0.15, -0.1) is 11.6 Å². The molecule has 2 aromatic heterocycles. The van der Waals surface area contributed by atoms with Crippen LogP contribution in [0.3, 0.4) is 0 Å². The Balaban J connectivity index is 2.26. The Morgan fingerprint density at radius 1 is 1.53 bits per heavy atom. The molecule has 2 N–H and O–H groups in total. The van der Waals surface area contributed by atoms with Crippen molar-refractivity contribution in [3.63, 3.8) is 0 Å². The van der Waals surface area contributed by atoms with E-state index in [1.165, 1.54) is 10.7 Å². The molecule has 6 nitrogen and oxygen atoms in total. The molecule has 0 aliphatic carbocycles. The van der Waals surface area contributed by atoms with Crippen LogP contribution < -0.4 is 11.0 Å². The highest BCUT2D eigenvalue weighted by Crippen LogP contribution is 2.25. The van der Waals surface area contributed by atoms with Crippen molar-refractivity contribution < 1.29 is 0 Å². The molecule has 0 aromatic carbocycles. The molecule has 0 bridgehead atoms. The number of alkyl halides is 1. The molecule has 19 heavy (non-hydrogen) atoms. The highest BCUT2D eigenvalue weighted by atomic mass is 35.5. The summed E-state index contributed by atoms with van der Waals surface area (Å²) >= 11 is 5.84. The molecule has 1 atom stereocenters. The summed E-state index contributed by atoms with van der Waals surface area (Å²) in [4.78, 5) is 15.6. The molecule has 2 aromatic rings. The molecular formula is C12H18ClN5O. The maximum absolute atomic E-state index is 11.3. The van der Waals surface area contributed by atoms with Crippen molar-refractivity contribution >= 4 is 23.1 Å². The highest BCUT2D eigenvalue weighted by Gasteiger charge is 2.24. The number of rotatable bonds is 4. The number of hydrogen-bond acceptors (Lipinski definition) is 4. The van der Waals surface area contributed by atoms with Gasteiger partial charge in [0.2, 0.25) is 0 Å². The fourth-order valence-corrected chi connectivity index (χ4v) is 2.12. The van der Waals surface area contributed by atoms with E-state index in [1.807, 2.05) is 0 Å². The van der Waals surface area contributed by atoms with E-state index in [4.69, 9.17) is 11.6 Å². The molecule has 0 aliphatic heterocycles. The number of nitrogens with zero attached hydrogens (tertiary/aromatic N) is 3. The van der Waals surface area contributed by atoms with Crippen molar-refractivity contribution in [2.75, 3.05) is 11.2 Å². The van der Waals surface area contributed by atoms with Crippen LogP contribution in [0, 0.1) is 5.41 Å². The van der Waals surface area contributed by atoms with Crippen molar-refractivity contribution in [2.45, 2.75) is 33.2 Å². The second kappa shape index (κ2) is 5.21. The highest BCUT2D eigenvalue weighted by molar-refractivity contribution is 6.17. The summed E-state index contributed by atoms with van der Waals surface area (Å²) in [5, 5.41) is 9.65. The molecule has 0 spiro atoms. The zero-order chi connectivity index (χ0) is 14.0. The number of aromatic amines is 1. The van der Waals surface area contributed by atoms with Gasteiger partial charge in [0, 0.05) is 18.0 Å². The minimum Gasteiger partial charge on any atom is -0.367 e. The number of nitrogens with one attached hydrogen (secondary N) is 2. The van der Waals surface area contributed by atoms with Crippen LogP contribution in [0.2, 0.25) is 0 Å². The fraction of sp³-hybridized carbons (Fsp3) is 0.583. The lowest BCUT2D eigenvalue weighted by atomic mass is 9.85. The third-order valence-corrected chi connectivity index (χ3v) is 3.29. The quantitative estimate of drug-likeness (QED) is 0.840. The lowest BCUT2D eigenvalue weighted by Gasteiger charge is -2.31. The number of hydrogen-bond donors (Lipinski definition) is 2. The molecule has 2 heterocycles. The Kier molecular flexibility index (Phi) is 3.80. The Labute approximate surface area is 116 Å². The van der Waals surface area contributed by atoms with Crippen molar-refractivity contribution in [2.24, 2.45) is 5.41 Å². The zero-order valence-electron chi connectivity index (χ0n) is 11.3. The Morgan fingerprint density at radius 3 is 2.89 bits per heavy atom. The monoisotopic (exact) mass is 283 g/mol. The summed E-state index contributed by atoms with van der Waals surface area (Å²) in [6, 6.07) is 1.94. The van der Waals surface area contributed by atoms with E-state index in [0.29, 0.717) is 17.3 Å². The van der Waals surface area contributed by atoms with E-state index < -0.39 is 0 Å². The average molecular weight is 284 g/mol. The number of anilines is 1. The SMILES string of the molecule is CC(C)(C)C(CCCl)Nc1cc2n[nH]c(=O)n2cn1. The third-order valence-electron chi connectivity index (χ3n) is 3.08. The Morgan fingerprint density at radius 2 is 2.26 bits per heavy atom. The van der Waals surface area contributed by atoms with Gasteiger partial charge >= 0.3 is 5.69 Å². The zero-order valence-corrected chi connectivity index (χ0v) is 12.0. The maximum Gasteiger partial charge on any atom is 0.348 e. The van der Waals surface area contributed by atoms with Gasteiger partial charge in [0.15, 0.2) is 5.65 Å². The van der Waals surface area contributed by atoms with Gasteiger partial charge in [0.05, 0.1) is 0 Å². The van der Waals surface area contributed by atoms with Crippen LogP contribution in [0.5, 0.6) is 0 Å². The largest absolute Gasteiger partial charge is 0.367 e. The average Bonchev–Trinajstić information content (AvgIpc) is 2.69. The van der Waals surface area contributed by atoms with Crippen LogP contribution in [0.4, 0.5) is 5.82 Å². The topological polar surface area (TPSA) is 75.1 Å². The first kappa shape index (κ1) is 13.9. The third kappa shape index (κ3) is 3.07. The van der Waals surface area contributed by atoms with Gasteiger partial charge in [-0.25, -0.2) is 19.3 Å². The first-order chi connectivity index (χ1) is 8.91. The Hall–Kier alpha value is -1.56. The summed E-state index contributed by atoms with van der Waals surface area (Å²) in [7, 11) is 0. The molecule has 0 amide bonds. The van der Waals surface area contributed by atoms with Gasteiger partial charge < -0.3 is 5.32 Å². The molecule has 104 valence electrons. The minimum absolute atomic E-state index is 0.0634. The summed E-state index contributed by atoms with van der Waals surface area (Å²) < 4.78 is 1.36. The van der Waals surface area contributed by atoms with Gasteiger partial charge in [-0.1, -0.05) is 20.8 Å². The number of fused-ring (bicyclic) bond motifs is 1. The van der Waals surface area contributed by atoms with Crippen molar-refractivity contribution in [1.82, 2.24) is 19.6 Å². The van der Waals surface area contributed by atoms with E-state index >= 15 is 0 Å². The molecule has 0 radical (unpaired) electrons. The van der Waals surface area contributed by atoms with Gasteiger partial charge in [0.1, 0.15) is 12.1 Å². The van der Waals surface area contributed by atoms with Crippen LogP contribution >= 0.6 is 11.6 Å². The number of halogens is 1. The van der Waals surface area contributed by atoms with E-state index in [2.05, 4.69) is 41.3 Å². The normalized spacial score (nSPS) is 13.7. The molecular weight excluding hydrogens is 266 g/mol. The molecule has 0 fully saturated rings. The van der Waals surface area contributed by atoms with Crippen LogP contribution in [-0.2, 0) is 0 Å². The molecule has 2 rings (SSSR count). The van der Waals surface area contributed by atoms with Crippen molar-refractivity contribution in [1.29, 1.82) is 0 Å². The van der Waals surface area contributed by atoms with Crippen molar-refractivity contribution in [3.8, 4) is 0 Å². The predicted molar refractivity (Wildman–Crippen MR) is 75.8 cm³/mol. The van der Waals surface area contributed by atoms with E-state index in [0.717, 1.165) is 6.42 Å². The standard InChI is InChI=1S/C12H18ClN5O/c1-12(2,3)8(4-5-13)15-9-6-10-16-17-11(19)18(10)7-14-9/h6-8,15H,4-5H2,1-3H3,(H,17,19). The summed E-state index contributed by atoms with van der Waals surface area (Å²) in [5.41, 5.74) is 0.316. The lowest BCUT2D eigenvalue weighted by molar-refractivity contribution is 0.334. The molecule has 0 saturated carbocycles. The fourth-order valence-electron chi connectivity index (χ4n) is 1.90. The van der Waals surface area contributed by atoms with E-state index in [-0.39, 0.29) is 17.1 Å². The predicted octanol–water partition coefficient (Wildman–Crippen LogP) is 1.87. The summed E-state index contributed by atoms with van der Waals surface area (Å²) in [5.74, 6) is 1.27. The van der Waals surface area contributed by atoms with Crippen LogP contribution in [0.25, 0.3) is 5.65 Å². The van der Waals surface area contributed by atoms with Gasteiger partial charge in [0.25, 0.3) is 0 Å². The van der Waals surface area contributed by atoms with Gasteiger partial charge in [-0.3, -0.25) is 0 Å². The lowest BCUT2D eigenvalue weighted by Crippen LogP contribution is -2.34. The van der Waals surface area contributed by atoms with E-state index in [9.17, 15) is 4.79 Å². The maximum atomic E-state index is 11.3. The van der Waals surface area contributed by atoms with Crippen LogP contribution in [0.15, 0.2) is 17.2 Å². The molecule has 7 heteroatoms. The van der Waals surface area contributed by atoms with Gasteiger partial charge in [-0.05, 0) is 11.8 Å². The van der Waals surface area contributed by atoms with Gasteiger partial charge in [-0.2, -0.15) is 5.10 Å². The number of H-pyrrole nitrogens is 1. The molecule has 0 saturated heterocycles. The first-order valence-corrected chi connectivity index (χ1v) is 6.70. The second-order valence-corrected chi connectivity index (χ2v) is 5.95. The van der Waals surface area contributed by atoms with Crippen LogP contribution in [-0.4, -0.2) is 31.5 Å². The van der Waals surface area contributed by atoms with Crippen LogP contribution in [0.1, 0.15) is 27.2 Å².